The number of nitrogens with zero attached hydrogens (tertiary/aromatic N) is 3. The lowest BCUT2D eigenvalue weighted by molar-refractivity contribution is -0.727. The van der Waals surface area contributed by atoms with E-state index in [4.69, 9.17) is 25.6 Å². The molecule has 0 aliphatic rings. The summed E-state index contributed by atoms with van der Waals surface area (Å²) >= 11 is 5.99. The number of carbonyl (C=O) groups is 3. The Kier molecular flexibility index (Phi) is 10.4. The molecule has 2 aromatic heterocycles. The molecule has 2 heterocycles. The minimum atomic E-state index is -3.67. The number of amides is 1. The van der Waals surface area contributed by atoms with Crippen molar-refractivity contribution in [1.82, 2.24) is 9.47 Å². The average Bonchev–Trinajstić information content (AvgIpc) is 3.20. The van der Waals surface area contributed by atoms with E-state index in [9.17, 15) is 22.8 Å². The molecule has 2 aromatic carbocycles. The molecule has 4 aromatic rings. The maximum Gasteiger partial charge on any atom is 0.315 e. The van der Waals surface area contributed by atoms with Gasteiger partial charge in [-0.25, -0.2) is 0 Å². The van der Waals surface area contributed by atoms with Crippen LogP contribution in [0.5, 0.6) is 5.75 Å². The molecule has 1 amide bonds. The summed E-state index contributed by atoms with van der Waals surface area (Å²) in [5.41, 5.74) is 2.91. The second-order valence-electron chi connectivity index (χ2n) is 9.46. The molecule has 0 atom stereocenters. The topological polar surface area (TPSA) is 136 Å². The van der Waals surface area contributed by atoms with E-state index in [1.165, 1.54) is 4.90 Å². The zero-order chi connectivity index (χ0) is 31.2. The van der Waals surface area contributed by atoms with Crippen LogP contribution >= 0.6 is 11.6 Å². The molecular formula is C29H31ClN3O8S+. The second kappa shape index (κ2) is 13.6. The summed E-state index contributed by atoms with van der Waals surface area (Å²) in [4.78, 5) is 40.0. The molecule has 0 bridgehead atoms. The Morgan fingerprint density at radius 2 is 1.69 bits per heavy atom. The Hall–Kier alpha value is -4.26. The van der Waals surface area contributed by atoms with Gasteiger partial charge in [0.1, 0.15) is 11.3 Å². The molecule has 0 saturated heterocycles. The van der Waals surface area contributed by atoms with Crippen LogP contribution in [0.15, 0.2) is 67.0 Å². The number of ether oxygens (including phenoxy) is 2. The molecule has 4 rings (SSSR count). The van der Waals surface area contributed by atoms with E-state index < -0.39 is 16.1 Å². The van der Waals surface area contributed by atoms with Crippen LogP contribution in [0.1, 0.15) is 32.0 Å². The first-order valence-corrected chi connectivity index (χ1v) is 14.7. The third-order valence-corrected chi connectivity index (χ3v) is 6.30. The summed E-state index contributed by atoms with van der Waals surface area (Å²) < 4.78 is 40.0. The van der Waals surface area contributed by atoms with E-state index in [2.05, 4.69) is 0 Å². The number of rotatable bonds is 7. The molecule has 1 N–H and O–H groups in total. The van der Waals surface area contributed by atoms with Crippen molar-refractivity contribution in [3.63, 3.8) is 0 Å². The molecular weight excluding hydrogens is 586 g/mol. The van der Waals surface area contributed by atoms with Crippen LogP contribution in [0.3, 0.4) is 0 Å². The number of pyridine rings is 1. The number of hydrogen-bond acceptors (Lipinski definition) is 7. The fourth-order valence-electron chi connectivity index (χ4n) is 4.12. The summed E-state index contributed by atoms with van der Waals surface area (Å²) in [5, 5.41) is 1.26. The van der Waals surface area contributed by atoms with Gasteiger partial charge in [0.05, 0.1) is 25.3 Å². The zero-order valence-electron chi connectivity index (χ0n) is 23.7. The molecule has 222 valence electrons. The highest BCUT2D eigenvalue weighted by Gasteiger charge is 2.23. The maximum absolute atomic E-state index is 13.4. The summed E-state index contributed by atoms with van der Waals surface area (Å²) in [7, 11) is 1.24. The highest BCUT2D eigenvalue weighted by Crippen LogP contribution is 2.31. The van der Waals surface area contributed by atoms with Gasteiger partial charge in [-0.2, -0.15) is 13.0 Å². The summed E-state index contributed by atoms with van der Waals surface area (Å²) in [6.45, 7) is 1.74. The van der Waals surface area contributed by atoms with Gasteiger partial charge in [0.25, 0.3) is 28.7 Å². The minimum absolute atomic E-state index is 0.0483. The van der Waals surface area contributed by atoms with Gasteiger partial charge in [-0.3, -0.25) is 23.5 Å². The Morgan fingerprint density at radius 3 is 2.29 bits per heavy atom. The molecule has 0 spiro atoms. The number of aromatic nitrogens is 2. The fourth-order valence-corrected chi connectivity index (χ4v) is 4.25. The number of hydrogen-bond donors (Lipinski definition) is 1. The Bertz CT molecular complexity index is 1720. The summed E-state index contributed by atoms with van der Waals surface area (Å²) in [6.07, 6.45) is 4.01. The van der Waals surface area contributed by atoms with Gasteiger partial charge in [0, 0.05) is 41.8 Å². The fraction of sp³-hybridized carbons (Fsp3) is 0.241. The standard InChI is InChI=1S/C28H27ClN3O5.CH4O3S/c1-18-23(15-26(33)37-17-31-13-5-6-20(16-31)27(34)30(2)3)24-14-22(36-4)11-12-25(24)32(18)28(35)19-7-9-21(29)10-8-19;1-5(2,3)4/h5-14,16H,15,17H2,1-4H3;1H3,(H,2,3,4)/q+1;. The van der Waals surface area contributed by atoms with Crippen LogP contribution in [0.2, 0.25) is 5.02 Å². The third-order valence-electron chi connectivity index (χ3n) is 6.04. The molecule has 0 aliphatic heterocycles. The van der Waals surface area contributed by atoms with Gasteiger partial charge in [-0.15, -0.1) is 0 Å². The van der Waals surface area contributed by atoms with Crippen molar-refractivity contribution < 1.29 is 41.4 Å². The molecule has 0 aliphatic carbocycles. The normalized spacial score (nSPS) is 10.9. The monoisotopic (exact) mass is 616 g/mol. The Labute approximate surface area is 248 Å². The summed E-state index contributed by atoms with van der Waals surface area (Å²) in [5.74, 6) is -0.248. The molecule has 0 radical (unpaired) electrons. The van der Waals surface area contributed by atoms with Crippen LogP contribution in [-0.2, 0) is 32.8 Å². The predicted octanol–water partition coefficient (Wildman–Crippen LogP) is 3.54. The number of halogens is 1. The van der Waals surface area contributed by atoms with Gasteiger partial charge in [-0.1, -0.05) is 11.6 Å². The van der Waals surface area contributed by atoms with Crippen molar-refractivity contribution in [2.75, 3.05) is 27.5 Å². The molecule has 0 saturated carbocycles. The van der Waals surface area contributed by atoms with Gasteiger partial charge in [0.15, 0.2) is 12.4 Å². The lowest BCUT2D eigenvalue weighted by Crippen LogP contribution is -2.37. The Balaban J connectivity index is 0.000000892. The largest absolute Gasteiger partial charge is 0.497 e. The number of esters is 1. The van der Waals surface area contributed by atoms with E-state index in [1.54, 1.807) is 98.2 Å². The summed E-state index contributed by atoms with van der Waals surface area (Å²) in [6, 6.07) is 15.5. The van der Waals surface area contributed by atoms with Crippen molar-refractivity contribution in [3.05, 3.63) is 94.4 Å². The average molecular weight is 617 g/mol. The van der Waals surface area contributed by atoms with Gasteiger partial charge < -0.3 is 14.4 Å². The highest BCUT2D eigenvalue weighted by atomic mass is 35.5. The van der Waals surface area contributed by atoms with Crippen molar-refractivity contribution in [3.8, 4) is 5.75 Å². The van der Waals surface area contributed by atoms with Gasteiger partial charge in [0.2, 0.25) is 0 Å². The molecule has 42 heavy (non-hydrogen) atoms. The van der Waals surface area contributed by atoms with Crippen LogP contribution in [0, 0.1) is 6.92 Å². The lowest BCUT2D eigenvalue weighted by atomic mass is 10.1. The number of fused-ring (bicyclic) bond motifs is 1. The first-order valence-electron chi connectivity index (χ1n) is 12.5. The number of benzene rings is 2. The van der Waals surface area contributed by atoms with Gasteiger partial charge in [-0.05, 0) is 61.0 Å². The smallest absolute Gasteiger partial charge is 0.315 e. The number of methoxy groups -OCH3 is 1. The van der Waals surface area contributed by atoms with Crippen molar-refractivity contribution >= 4 is 50.4 Å². The highest BCUT2D eigenvalue weighted by molar-refractivity contribution is 7.85. The van der Waals surface area contributed by atoms with E-state index >= 15 is 0 Å². The van der Waals surface area contributed by atoms with Crippen LogP contribution < -0.4 is 9.30 Å². The van der Waals surface area contributed by atoms with Gasteiger partial charge >= 0.3 is 5.97 Å². The van der Waals surface area contributed by atoms with E-state index in [0.717, 1.165) is 5.39 Å². The molecule has 0 fully saturated rings. The van der Waals surface area contributed by atoms with Crippen molar-refractivity contribution in [2.45, 2.75) is 20.1 Å². The van der Waals surface area contributed by atoms with Crippen molar-refractivity contribution in [2.24, 2.45) is 0 Å². The van der Waals surface area contributed by atoms with Crippen LogP contribution in [-0.4, -0.2) is 67.7 Å². The predicted molar refractivity (Wildman–Crippen MR) is 156 cm³/mol. The van der Waals surface area contributed by atoms with Crippen LogP contribution in [0.25, 0.3) is 10.9 Å². The quantitative estimate of drug-likeness (QED) is 0.189. The number of carbonyl (C=O) groups excluding carboxylic acids is 3. The van der Waals surface area contributed by atoms with Crippen molar-refractivity contribution in [1.29, 1.82) is 0 Å². The van der Waals surface area contributed by atoms with E-state index in [0.29, 0.717) is 44.9 Å². The first kappa shape index (κ1) is 32.3. The molecule has 13 heteroatoms. The maximum atomic E-state index is 13.4. The molecule has 11 nitrogen and oxygen atoms in total. The second-order valence-corrected chi connectivity index (χ2v) is 11.4. The SMILES string of the molecule is COc1ccc2c(c1)c(CC(=O)OC[n+]1cccc(C(=O)N(C)C)c1)c(C)n2C(=O)c1ccc(Cl)cc1.CS(=O)(=O)O. The van der Waals surface area contributed by atoms with Crippen LogP contribution in [0.4, 0.5) is 0 Å². The minimum Gasteiger partial charge on any atom is -0.497 e. The van der Waals surface area contributed by atoms with E-state index in [1.807, 2.05) is 6.07 Å². The first-order chi connectivity index (χ1) is 19.7. The molecule has 0 unspecified atom stereocenters. The Morgan fingerprint density at radius 1 is 1.05 bits per heavy atom. The van der Waals surface area contributed by atoms with E-state index in [-0.39, 0.29) is 25.0 Å². The zero-order valence-corrected chi connectivity index (χ0v) is 25.3. The third kappa shape index (κ3) is 8.38. The lowest BCUT2D eigenvalue weighted by Gasteiger charge is -2.09.